The molecule has 0 atom stereocenters. The Morgan fingerprint density at radius 1 is 0.969 bits per heavy atom. The van der Waals surface area contributed by atoms with Gasteiger partial charge in [0.1, 0.15) is 10.7 Å². The Bertz CT molecular complexity index is 1330. The third-order valence-corrected chi connectivity index (χ3v) is 6.88. The van der Waals surface area contributed by atoms with Crippen LogP contribution >= 0.6 is 11.3 Å². The number of methoxy groups -OCH3 is 2. The highest BCUT2D eigenvalue weighted by Crippen LogP contribution is 2.38. The molecule has 32 heavy (non-hydrogen) atoms. The summed E-state index contributed by atoms with van der Waals surface area (Å²) in [6.07, 6.45) is 0.836. The van der Waals surface area contributed by atoms with Crippen molar-refractivity contribution in [2.45, 2.75) is 39.5 Å². The van der Waals surface area contributed by atoms with Crippen LogP contribution in [0.5, 0.6) is 11.5 Å². The Balaban J connectivity index is 1.87. The van der Waals surface area contributed by atoms with Crippen LogP contribution in [0.25, 0.3) is 32.7 Å². The first-order valence-corrected chi connectivity index (χ1v) is 11.5. The molecule has 4 rings (SSSR count). The maximum atomic E-state index is 13.3. The van der Waals surface area contributed by atoms with Gasteiger partial charge in [0.2, 0.25) is 0 Å². The Kier molecular flexibility index (Phi) is 5.82. The highest BCUT2D eigenvalue weighted by atomic mass is 32.1. The second-order valence-electron chi connectivity index (χ2n) is 8.75. The maximum Gasteiger partial charge on any atom is 0.260 e. The molecule has 2 aromatic heterocycles. The first-order valence-electron chi connectivity index (χ1n) is 10.7. The fourth-order valence-corrected chi connectivity index (χ4v) is 5.00. The van der Waals surface area contributed by atoms with E-state index in [2.05, 4.69) is 56.9 Å². The molecular formula is C26H28N2O3S. The molecule has 0 aliphatic heterocycles. The van der Waals surface area contributed by atoms with E-state index in [1.807, 2.05) is 18.2 Å². The minimum Gasteiger partial charge on any atom is -0.493 e. The number of hydrogen-bond donors (Lipinski definition) is 1. The monoisotopic (exact) mass is 448 g/mol. The van der Waals surface area contributed by atoms with Crippen LogP contribution in [0.3, 0.4) is 0 Å². The van der Waals surface area contributed by atoms with Crippen molar-refractivity contribution in [2.75, 3.05) is 14.2 Å². The van der Waals surface area contributed by atoms with Crippen LogP contribution in [0.1, 0.15) is 38.1 Å². The van der Waals surface area contributed by atoms with Gasteiger partial charge in [-0.05, 0) is 41.2 Å². The molecule has 1 N–H and O–H groups in total. The van der Waals surface area contributed by atoms with Gasteiger partial charge in [0.15, 0.2) is 11.5 Å². The summed E-state index contributed by atoms with van der Waals surface area (Å²) >= 11 is 1.58. The number of benzene rings is 2. The molecule has 2 aromatic carbocycles. The highest BCUT2D eigenvalue weighted by molar-refractivity contribution is 7.19. The number of H-pyrrole nitrogens is 1. The van der Waals surface area contributed by atoms with Crippen LogP contribution in [0, 0.1) is 0 Å². The van der Waals surface area contributed by atoms with Crippen LogP contribution < -0.4 is 15.0 Å². The number of ether oxygens (including phenoxy) is 2. The van der Waals surface area contributed by atoms with Gasteiger partial charge in [-0.2, -0.15) is 0 Å². The van der Waals surface area contributed by atoms with Crippen molar-refractivity contribution < 1.29 is 9.47 Å². The van der Waals surface area contributed by atoms with Gasteiger partial charge in [0.05, 0.1) is 19.6 Å². The molecule has 0 radical (unpaired) electrons. The molecule has 0 fully saturated rings. The summed E-state index contributed by atoms with van der Waals surface area (Å²) in [7, 11) is 3.18. The first kappa shape index (κ1) is 22.1. The van der Waals surface area contributed by atoms with E-state index in [4.69, 9.17) is 14.5 Å². The molecule has 0 bridgehead atoms. The van der Waals surface area contributed by atoms with Crippen LogP contribution in [-0.4, -0.2) is 24.2 Å². The van der Waals surface area contributed by atoms with Crippen molar-refractivity contribution in [1.82, 2.24) is 9.97 Å². The van der Waals surface area contributed by atoms with Gasteiger partial charge in [0, 0.05) is 16.0 Å². The third-order valence-electron chi connectivity index (χ3n) is 5.65. The smallest absolute Gasteiger partial charge is 0.260 e. The van der Waals surface area contributed by atoms with Gasteiger partial charge in [-0.25, -0.2) is 4.98 Å². The summed E-state index contributed by atoms with van der Waals surface area (Å²) < 4.78 is 10.7. The van der Waals surface area contributed by atoms with Gasteiger partial charge in [-0.3, -0.25) is 4.79 Å². The lowest BCUT2D eigenvalue weighted by Crippen LogP contribution is -2.11. The molecule has 0 amide bonds. The summed E-state index contributed by atoms with van der Waals surface area (Å²) in [6.45, 7) is 8.71. The largest absolute Gasteiger partial charge is 0.493 e. The SMILES string of the molecule is CCc1sc2nc(-c3ccc(OC)c(OC)c3)[nH]c(=O)c2c1-c1ccc(C(C)(C)C)cc1. The first-order chi connectivity index (χ1) is 15.3. The number of aromatic amines is 1. The Morgan fingerprint density at radius 2 is 1.62 bits per heavy atom. The zero-order valence-corrected chi connectivity index (χ0v) is 20.1. The summed E-state index contributed by atoms with van der Waals surface area (Å²) in [4.78, 5) is 23.0. The van der Waals surface area contributed by atoms with E-state index < -0.39 is 0 Å². The summed E-state index contributed by atoms with van der Waals surface area (Å²) in [5.74, 6) is 1.74. The third kappa shape index (κ3) is 3.91. The van der Waals surface area contributed by atoms with Crippen molar-refractivity contribution in [3.63, 3.8) is 0 Å². The Hall–Kier alpha value is -3.12. The topological polar surface area (TPSA) is 64.2 Å². The molecule has 0 unspecified atom stereocenters. The van der Waals surface area contributed by atoms with E-state index in [0.717, 1.165) is 32.8 Å². The van der Waals surface area contributed by atoms with Crippen molar-refractivity contribution in [3.05, 3.63) is 63.3 Å². The van der Waals surface area contributed by atoms with E-state index >= 15 is 0 Å². The van der Waals surface area contributed by atoms with Gasteiger partial charge in [-0.1, -0.05) is 52.0 Å². The lowest BCUT2D eigenvalue weighted by molar-refractivity contribution is 0.355. The fraction of sp³-hybridized carbons (Fsp3) is 0.308. The van der Waals surface area contributed by atoms with Gasteiger partial charge >= 0.3 is 0 Å². The average Bonchev–Trinajstić information content (AvgIpc) is 3.17. The molecule has 6 heteroatoms. The van der Waals surface area contributed by atoms with Gasteiger partial charge in [0.25, 0.3) is 5.56 Å². The molecule has 0 saturated heterocycles. The normalized spacial score (nSPS) is 11.7. The predicted octanol–water partition coefficient (Wildman–Crippen LogP) is 6.20. The molecule has 0 spiro atoms. The van der Waals surface area contributed by atoms with Crippen molar-refractivity contribution in [2.24, 2.45) is 0 Å². The molecule has 0 aliphatic rings. The molecule has 4 aromatic rings. The molecular weight excluding hydrogens is 420 g/mol. The number of aryl methyl sites for hydroxylation is 1. The number of nitrogens with zero attached hydrogens (tertiary/aromatic N) is 1. The number of aromatic nitrogens is 2. The summed E-state index contributed by atoms with van der Waals surface area (Å²) in [5.41, 5.74) is 4.01. The van der Waals surface area contributed by atoms with Gasteiger partial charge < -0.3 is 14.5 Å². The van der Waals surface area contributed by atoms with E-state index in [1.54, 1.807) is 25.6 Å². The van der Waals surface area contributed by atoms with E-state index in [9.17, 15) is 4.79 Å². The quantitative estimate of drug-likeness (QED) is 0.395. The number of nitrogens with one attached hydrogen (secondary N) is 1. The zero-order valence-electron chi connectivity index (χ0n) is 19.3. The van der Waals surface area contributed by atoms with Crippen molar-refractivity contribution in [1.29, 1.82) is 0 Å². The maximum absolute atomic E-state index is 13.3. The zero-order chi connectivity index (χ0) is 23.0. The summed E-state index contributed by atoms with van der Waals surface area (Å²) in [5, 5.41) is 0.652. The number of rotatable bonds is 5. The van der Waals surface area contributed by atoms with Crippen LogP contribution in [0.15, 0.2) is 47.3 Å². The number of hydrogen-bond acceptors (Lipinski definition) is 5. The average molecular weight is 449 g/mol. The van der Waals surface area contributed by atoms with Crippen molar-refractivity contribution in [3.8, 4) is 34.0 Å². The minimum atomic E-state index is -0.134. The Morgan fingerprint density at radius 3 is 2.22 bits per heavy atom. The lowest BCUT2D eigenvalue weighted by atomic mass is 9.86. The lowest BCUT2D eigenvalue weighted by Gasteiger charge is -2.19. The van der Waals surface area contributed by atoms with E-state index in [-0.39, 0.29) is 11.0 Å². The molecule has 2 heterocycles. The summed E-state index contributed by atoms with van der Waals surface area (Å²) in [6, 6.07) is 14.0. The molecule has 0 saturated carbocycles. The van der Waals surface area contributed by atoms with E-state index in [0.29, 0.717) is 22.7 Å². The number of thiophene rings is 1. The highest BCUT2D eigenvalue weighted by Gasteiger charge is 2.20. The molecule has 166 valence electrons. The van der Waals surface area contributed by atoms with E-state index in [1.165, 1.54) is 5.56 Å². The second kappa shape index (κ2) is 8.43. The standard InChI is InChI=1S/C26H28N2O3S/c1-7-20-21(15-8-11-17(12-9-15)26(2,3)4)22-24(29)27-23(28-25(22)32-20)16-10-13-18(30-5)19(14-16)31-6/h8-14H,7H2,1-6H3,(H,27,28,29). The molecule has 5 nitrogen and oxygen atoms in total. The predicted molar refractivity (Wildman–Crippen MR) is 132 cm³/mol. The van der Waals surface area contributed by atoms with Gasteiger partial charge in [-0.15, -0.1) is 11.3 Å². The minimum absolute atomic E-state index is 0.0795. The van der Waals surface area contributed by atoms with Crippen LogP contribution in [0.4, 0.5) is 0 Å². The van der Waals surface area contributed by atoms with Crippen molar-refractivity contribution >= 4 is 21.6 Å². The number of fused-ring (bicyclic) bond motifs is 1. The van der Waals surface area contributed by atoms with Crippen LogP contribution in [0.2, 0.25) is 0 Å². The Labute approximate surface area is 192 Å². The second-order valence-corrected chi connectivity index (χ2v) is 9.83. The fourth-order valence-electron chi connectivity index (χ4n) is 3.87. The van der Waals surface area contributed by atoms with Crippen LogP contribution in [-0.2, 0) is 11.8 Å². The molecule has 0 aliphatic carbocycles.